The Morgan fingerprint density at radius 3 is 2.86 bits per heavy atom. The van der Waals surface area contributed by atoms with Crippen LogP contribution in [0.25, 0.3) is 0 Å². The molecule has 0 saturated carbocycles. The first-order valence-corrected chi connectivity index (χ1v) is 6.77. The molecular weight excluding hydrogens is 274 g/mol. The number of aliphatic carboxylic acids is 1. The highest BCUT2D eigenvalue weighted by molar-refractivity contribution is 5.94. The van der Waals surface area contributed by atoms with Crippen LogP contribution in [0, 0.1) is 5.92 Å². The molecule has 0 bridgehead atoms. The SMILES string of the molecule is O=C(NCC(=O)N1CCCC(C(=O)O)C1)c1ccccn1. The minimum atomic E-state index is -0.884. The first-order valence-electron chi connectivity index (χ1n) is 6.77. The lowest BCUT2D eigenvalue weighted by Crippen LogP contribution is -2.46. The van der Waals surface area contributed by atoms with Crippen molar-refractivity contribution in [1.29, 1.82) is 0 Å². The van der Waals surface area contributed by atoms with E-state index in [2.05, 4.69) is 10.3 Å². The van der Waals surface area contributed by atoms with Gasteiger partial charge in [0.2, 0.25) is 5.91 Å². The molecule has 1 aromatic rings. The highest BCUT2D eigenvalue weighted by atomic mass is 16.4. The Morgan fingerprint density at radius 2 is 2.19 bits per heavy atom. The molecule has 0 radical (unpaired) electrons. The molecule has 1 saturated heterocycles. The largest absolute Gasteiger partial charge is 0.481 e. The summed E-state index contributed by atoms with van der Waals surface area (Å²) in [5, 5.41) is 11.5. The molecule has 2 heterocycles. The summed E-state index contributed by atoms with van der Waals surface area (Å²) in [4.78, 5) is 40.1. The van der Waals surface area contributed by atoms with Crippen molar-refractivity contribution in [2.45, 2.75) is 12.8 Å². The van der Waals surface area contributed by atoms with Crippen molar-refractivity contribution >= 4 is 17.8 Å². The van der Waals surface area contributed by atoms with Gasteiger partial charge in [0.05, 0.1) is 12.5 Å². The molecule has 7 nitrogen and oxygen atoms in total. The van der Waals surface area contributed by atoms with Gasteiger partial charge in [-0.3, -0.25) is 19.4 Å². The van der Waals surface area contributed by atoms with E-state index in [4.69, 9.17) is 5.11 Å². The predicted molar refractivity (Wildman–Crippen MR) is 73.5 cm³/mol. The van der Waals surface area contributed by atoms with Crippen molar-refractivity contribution < 1.29 is 19.5 Å². The van der Waals surface area contributed by atoms with Gasteiger partial charge in [0, 0.05) is 19.3 Å². The zero-order valence-corrected chi connectivity index (χ0v) is 11.5. The predicted octanol–water partition coefficient (Wildman–Crippen LogP) is 0.135. The lowest BCUT2D eigenvalue weighted by atomic mass is 9.98. The lowest BCUT2D eigenvalue weighted by molar-refractivity contribution is -0.145. The van der Waals surface area contributed by atoms with Gasteiger partial charge in [0.1, 0.15) is 5.69 Å². The summed E-state index contributed by atoms with van der Waals surface area (Å²) in [6.45, 7) is 0.581. The smallest absolute Gasteiger partial charge is 0.308 e. The molecule has 0 aromatic carbocycles. The number of hydrogen-bond acceptors (Lipinski definition) is 4. The van der Waals surface area contributed by atoms with Gasteiger partial charge in [-0.25, -0.2) is 0 Å². The number of nitrogens with one attached hydrogen (secondary N) is 1. The van der Waals surface area contributed by atoms with Crippen LogP contribution in [0.3, 0.4) is 0 Å². The van der Waals surface area contributed by atoms with Crippen molar-refractivity contribution in [2.24, 2.45) is 5.92 Å². The number of pyridine rings is 1. The van der Waals surface area contributed by atoms with Crippen molar-refractivity contribution in [3.05, 3.63) is 30.1 Å². The fourth-order valence-corrected chi connectivity index (χ4v) is 2.26. The van der Waals surface area contributed by atoms with Crippen LogP contribution in [0.15, 0.2) is 24.4 Å². The Kier molecular flexibility index (Phi) is 4.86. The van der Waals surface area contributed by atoms with E-state index in [0.29, 0.717) is 19.4 Å². The maximum atomic E-state index is 12.0. The summed E-state index contributed by atoms with van der Waals surface area (Å²) in [5.41, 5.74) is 0.243. The molecule has 1 aliphatic rings. The number of nitrogens with zero attached hydrogens (tertiary/aromatic N) is 2. The Bertz CT molecular complexity index is 532. The number of carbonyl (C=O) groups is 3. The van der Waals surface area contributed by atoms with E-state index in [1.54, 1.807) is 18.2 Å². The van der Waals surface area contributed by atoms with Crippen LogP contribution in [0.4, 0.5) is 0 Å². The summed E-state index contributed by atoms with van der Waals surface area (Å²) >= 11 is 0. The van der Waals surface area contributed by atoms with Gasteiger partial charge in [-0.05, 0) is 25.0 Å². The number of carboxylic acids is 1. The topological polar surface area (TPSA) is 99.6 Å². The molecular formula is C14H17N3O4. The highest BCUT2D eigenvalue weighted by Crippen LogP contribution is 2.16. The van der Waals surface area contributed by atoms with Crippen LogP contribution >= 0.6 is 0 Å². The van der Waals surface area contributed by atoms with Crippen LogP contribution in [0.2, 0.25) is 0 Å². The fourth-order valence-electron chi connectivity index (χ4n) is 2.26. The summed E-state index contributed by atoms with van der Waals surface area (Å²) in [5.74, 6) is -2.10. The summed E-state index contributed by atoms with van der Waals surface area (Å²) < 4.78 is 0. The normalized spacial score (nSPS) is 18.1. The second-order valence-corrected chi connectivity index (χ2v) is 4.91. The second kappa shape index (κ2) is 6.83. The molecule has 7 heteroatoms. The molecule has 2 rings (SSSR count). The first-order chi connectivity index (χ1) is 10.1. The van der Waals surface area contributed by atoms with Gasteiger partial charge in [-0.2, -0.15) is 0 Å². The van der Waals surface area contributed by atoms with E-state index < -0.39 is 17.8 Å². The maximum Gasteiger partial charge on any atom is 0.308 e. The number of carbonyl (C=O) groups excluding carboxylic acids is 2. The molecule has 0 aliphatic carbocycles. The van der Waals surface area contributed by atoms with Gasteiger partial charge in [0.25, 0.3) is 5.91 Å². The standard InChI is InChI=1S/C14H17N3O4/c18-12(17-7-3-4-10(9-17)14(20)21)8-16-13(19)11-5-1-2-6-15-11/h1-2,5-6,10H,3-4,7-9H2,(H,16,19)(H,20,21). The van der Waals surface area contributed by atoms with Gasteiger partial charge in [-0.1, -0.05) is 6.07 Å². The summed E-state index contributed by atoms with van der Waals surface area (Å²) in [6, 6.07) is 4.94. The zero-order valence-electron chi connectivity index (χ0n) is 11.5. The van der Waals surface area contributed by atoms with Crippen LogP contribution in [-0.4, -0.2) is 52.4 Å². The average molecular weight is 291 g/mol. The van der Waals surface area contributed by atoms with E-state index in [1.165, 1.54) is 11.1 Å². The molecule has 1 aliphatic heterocycles. The first kappa shape index (κ1) is 15.0. The van der Waals surface area contributed by atoms with Crippen molar-refractivity contribution in [3.8, 4) is 0 Å². The molecule has 1 aromatic heterocycles. The second-order valence-electron chi connectivity index (χ2n) is 4.91. The lowest BCUT2D eigenvalue weighted by Gasteiger charge is -2.30. The van der Waals surface area contributed by atoms with E-state index >= 15 is 0 Å². The molecule has 1 unspecified atom stereocenters. The number of piperidine rings is 1. The Labute approximate surface area is 122 Å². The number of likely N-dealkylation sites (tertiary alicyclic amines) is 1. The molecule has 2 N–H and O–H groups in total. The van der Waals surface area contributed by atoms with Gasteiger partial charge < -0.3 is 15.3 Å². The monoisotopic (exact) mass is 291 g/mol. The van der Waals surface area contributed by atoms with E-state index in [0.717, 1.165) is 0 Å². The van der Waals surface area contributed by atoms with Crippen LogP contribution in [0.5, 0.6) is 0 Å². The fraction of sp³-hybridized carbons (Fsp3) is 0.429. The molecule has 2 amide bonds. The summed E-state index contributed by atoms with van der Waals surface area (Å²) in [6.07, 6.45) is 2.75. The molecule has 1 fully saturated rings. The minimum Gasteiger partial charge on any atom is -0.481 e. The minimum absolute atomic E-state index is 0.151. The number of rotatable bonds is 4. The quantitative estimate of drug-likeness (QED) is 0.821. The average Bonchev–Trinajstić information content (AvgIpc) is 2.53. The Hall–Kier alpha value is -2.44. The third kappa shape index (κ3) is 4.01. The maximum absolute atomic E-state index is 12.0. The van der Waals surface area contributed by atoms with Crippen LogP contribution in [-0.2, 0) is 9.59 Å². The van der Waals surface area contributed by atoms with E-state index in [1.807, 2.05) is 0 Å². The van der Waals surface area contributed by atoms with Crippen LogP contribution in [0.1, 0.15) is 23.3 Å². The molecule has 1 atom stereocenters. The molecule has 21 heavy (non-hydrogen) atoms. The van der Waals surface area contributed by atoms with Gasteiger partial charge in [0.15, 0.2) is 0 Å². The molecule has 112 valence electrons. The van der Waals surface area contributed by atoms with Gasteiger partial charge >= 0.3 is 5.97 Å². The highest BCUT2D eigenvalue weighted by Gasteiger charge is 2.28. The summed E-state index contributed by atoms with van der Waals surface area (Å²) in [7, 11) is 0. The van der Waals surface area contributed by atoms with Crippen molar-refractivity contribution in [2.75, 3.05) is 19.6 Å². The van der Waals surface area contributed by atoms with Crippen molar-refractivity contribution in [3.63, 3.8) is 0 Å². The zero-order chi connectivity index (χ0) is 15.2. The number of amides is 2. The third-order valence-corrected chi connectivity index (χ3v) is 3.42. The van der Waals surface area contributed by atoms with Gasteiger partial charge in [-0.15, -0.1) is 0 Å². The van der Waals surface area contributed by atoms with Crippen molar-refractivity contribution in [1.82, 2.24) is 15.2 Å². The van der Waals surface area contributed by atoms with Crippen LogP contribution < -0.4 is 5.32 Å². The number of hydrogen-bond donors (Lipinski definition) is 2. The Balaban J connectivity index is 1.84. The van der Waals surface area contributed by atoms with E-state index in [9.17, 15) is 14.4 Å². The number of aromatic nitrogens is 1. The Morgan fingerprint density at radius 1 is 1.38 bits per heavy atom. The third-order valence-electron chi connectivity index (χ3n) is 3.42. The number of carboxylic acid groups (broad SMARTS) is 1. The van der Waals surface area contributed by atoms with E-state index in [-0.39, 0.29) is 24.7 Å². The molecule has 0 spiro atoms.